The van der Waals surface area contributed by atoms with E-state index >= 15 is 0 Å². The molecule has 0 amide bonds. The van der Waals surface area contributed by atoms with Gasteiger partial charge in [0.2, 0.25) is 0 Å². The fourth-order valence-electron chi connectivity index (χ4n) is 2.34. The van der Waals surface area contributed by atoms with Crippen LogP contribution in [0.5, 0.6) is 0 Å². The van der Waals surface area contributed by atoms with Gasteiger partial charge < -0.3 is 14.8 Å². The highest BCUT2D eigenvalue weighted by molar-refractivity contribution is 5.93. The molecule has 138 valence electrons. The number of ether oxygens (including phenoxy) is 2. The number of hydrogen-bond acceptors (Lipinski definition) is 5. The van der Waals surface area contributed by atoms with Crippen molar-refractivity contribution in [2.24, 2.45) is 0 Å². The lowest BCUT2D eigenvalue weighted by atomic mass is 10.1. The van der Waals surface area contributed by atoms with E-state index in [0.29, 0.717) is 25.3 Å². The molecule has 0 atom stereocenters. The van der Waals surface area contributed by atoms with Crippen LogP contribution in [-0.4, -0.2) is 32.3 Å². The number of allylic oxidation sites excluding steroid dienone is 1. The molecule has 24 heavy (non-hydrogen) atoms. The van der Waals surface area contributed by atoms with Gasteiger partial charge in [0, 0.05) is 18.8 Å². The molecule has 0 aliphatic rings. The monoisotopic (exact) mass is 338 g/mol. The van der Waals surface area contributed by atoms with Crippen molar-refractivity contribution in [3.8, 4) is 6.07 Å². The third kappa shape index (κ3) is 11.1. The molecule has 0 aromatic rings. The third-order valence-electron chi connectivity index (χ3n) is 3.65. The smallest absolute Gasteiger partial charge is 0.350 e. The van der Waals surface area contributed by atoms with E-state index in [0.717, 1.165) is 19.4 Å². The Morgan fingerprint density at radius 1 is 1.00 bits per heavy atom. The van der Waals surface area contributed by atoms with Gasteiger partial charge in [0.05, 0.1) is 6.61 Å². The number of carbonyl (C=O) groups excluding carboxylic acids is 1. The molecule has 0 aliphatic carbocycles. The first-order chi connectivity index (χ1) is 11.7. The SMILES string of the molecule is CCCCCCCCNC(CCC)=C(C#N)C(=O)OCCOCC. The van der Waals surface area contributed by atoms with Gasteiger partial charge in [-0.25, -0.2) is 4.79 Å². The second-order valence-electron chi connectivity index (χ2n) is 5.74. The number of carbonyl (C=O) groups is 1. The number of hydrogen-bond donors (Lipinski definition) is 1. The normalized spacial score (nSPS) is 11.6. The van der Waals surface area contributed by atoms with Gasteiger partial charge in [-0.2, -0.15) is 5.26 Å². The minimum absolute atomic E-state index is 0.0966. The van der Waals surface area contributed by atoms with E-state index in [9.17, 15) is 10.1 Å². The van der Waals surface area contributed by atoms with Crippen molar-refractivity contribution in [2.75, 3.05) is 26.4 Å². The van der Waals surface area contributed by atoms with Crippen LogP contribution in [0.3, 0.4) is 0 Å². The lowest BCUT2D eigenvalue weighted by Gasteiger charge is -2.13. The Hall–Kier alpha value is -1.54. The van der Waals surface area contributed by atoms with Gasteiger partial charge in [0.25, 0.3) is 0 Å². The molecule has 1 N–H and O–H groups in total. The predicted octanol–water partition coefficient (Wildman–Crippen LogP) is 4.09. The summed E-state index contributed by atoms with van der Waals surface area (Å²) in [5, 5.41) is 12.6. The maximum absolute atomic E-state index is 12.1. The van der Waals surface area contributed by atoms with Crippen LogP contribution >= 0.6 is 0 Å². The Kier molecular flexibility index (Phi) is 15.3. The van der Waals surface area contributed by atoms with E-state index in [1.54, 1.807) is 0 Å². The molecule has 0 fully saturated rings. The van der Waals surface area contributed by atoms with Crippen LogP contribution in [0.1, 0.15) is 72.1 Å². The molecule has 0 bridgehead atoms. The Bertz CT molecular complexity index is 400. The summed E-state index contributed by atoms with van der Waals surface area (Å²) in [4.78, 5) is 12.1. The van der Waals surface area contributed by atoms with Crippen LogP contribution in [0.25, 0.3) is 0 Å². The van der Waals surface area contributed by atoms with Gasteiger partial charge in [-0.05, 0) is 19.8 Å². The molecule has 0 aliphatic heterocycles. The molecule has 0 rings (SSSR count). The standard InChI is InChI=1S/C19H34N2O3/c1-4-7-8-9-10-11-13-21-18(12-5-2)17(16-20)19(22)24-15-14-23-6-3/h21H,4-15H2,1-3H3. The predicted molar refractivity (Wildman–Crippen MR) is 96.4 cm³/mol. The van der Waals surface area contributed by atoms with Gasteiger partial charge >= 0.3 is 5.97 Å². The number of nitrogens with zero attached hydrogens (tertiary/aromatic N) is 1. The van der Waals surface area contributed by atoms with E-state index in [-0.39, 0.29) is 12.2 Å². The fourth-order valence-corrected chi connectivity index (χ4v) is 2.34. The molecule has 0 aromatic carbocycles. The molecule has 0 unspecified atom stereocenters. The maximum Gasteiger partial charge on any atom is 0.350 e. The van der Waals surface area contributed by atoms with Gasteiger partial charge in [-0.15, -0.1) is 0 Å². The summed E-state index contributed by atoms with van der Waals surface area (Å²) in [6.45, 7) is 8.03. The lowest BCUT2D eigenvalue weighted by Crippen LogP contribution is -2.21. The number of esters is 1. The molecular weight excluding hydrogens is 304 g/mol. The van der Waals surface area contributed by atoms with Gasteiger partial charge in [-0.3, -0.25) is 0 Å². The Balaban J connectivity index is 4.39. The Morgan fingerprint density at radius 3 is 2.33 bits per heavy atom. The molecule has 0 spiro atoms. The molecular formula is C19H34N2O3. The summed E-state index contributed by atoms with van der Waals surface area (Å²) < 4.78 is 10.2. The number of nitriles is 1. The summed E-state index contributed by atoms with van der Waals surface area (Å²) in [7, 11) is 0. The molecule has 0 heterocycles. The summed E-state index contributed by atoms with van der Waals surface area (Å²) in [5.74, 6) is -0.559. The van der Waals surface area contributed by atoms with Crippen molar-refractivity contribution in [1.29, 1.82) is 5.26 Å². The zero-order valence-electron chi connectivity index (χ0n) is 15.7. The van der Waals surface area contributed by atoms with E-state index < -0.39 is 5.97 Å². The zero-order valence-corrected chi connectivity index (χ0v) is 15.7. The van der Waals surface area contributed by atoms with Crippen LogP contribution in [0.4, 0.5) is 0 Å². The van der Waals surface area contributed by atoms with Crippen molar-refractivity contribution in [3.63, 3.8) is 0 Å². The van der Waals surface area contributed by atoms with Gasteiger partial charge in [0.15, 0.2) is 5.57 Å². The van der Waals surface area contributed by atoms with Gasteiger partial charge in [-0.1, -0.05) is 52.4 Å². The number of unbranched alkanes of at least 4 members (excludes halogenated alkanes) is 5. The highest BCUT2D eigenvalue weighted by Gasteiger charge is 2.16. The van der Waals surface area contributed by atoms with Crippen molar-refractivity contribution in [3.05, 3.63) is 11.3 Å². The topological polar surface area (TPSA) is 71.4 Å². The van der Waals surface area contributed by atoms with Crippen LogP contribution in [-0.2, 0) is 14.3 Å². The summed E-state index contributed by atoms with van der Waals surface area (Å²) >= 11 is 0. The average molecular weight is 338 g/mol. The first kappa shape index (κ1) is 22.5. The zero-order chi connectivity index (χ0) is 18.0. The van der Waals surface area contributed by atoms with Crippen LogP contribution in [0.15, 0.2) is 11.3 Å². The number of rotatable bonds is 15. The van der Waals surface area contributed by atoms with Crippen molar-refractivity contribution in [1.82, 2.24) is 5.32 Å². The summed E-state index contributed by atoms with van der Waals surface area (Å²) in [5.41, 5.74) is 0.800. The Morgan fingerprint density at radius 2 is 1.71 bits per heavy atom. The minimum Gasteiger partial charge on any atom is -0.459 e. The van der Waals surface area contributed by atoms with E-state index in [1.165, 1.54) is 32.1 Å². The molecule has 0 saturated heterocycles. The first-order valence-corrected chi connectivity index (χ1v) is 9.33. The second-order valence-corrected chi connectivity index (χ2v) is 5.74. The summed E-state index contributed by atoms with van der Waals surface area (Å²) in [6.07, 6.45) is 8.84. The number of nitrogens with one attached hydrogen (secondary N) is 1. The van der Waals surface area contributed by atoms with Crippen LogP contribution in [0, 0.1) is 11.3 Å². The Labute approximate surface area is 147 Å². The van der Waals surface area contributed by atoms with Crippen molar-refractivity contribution >= 4 is 5.97 Å². The largest absolute Gasteiger partial charge is 0.459 e. The molecule has 0 radical (unpaired) electrons. The lowest BCUT2D eigenvalue weighted by molar-refractivity contribution is -0.140. The average Bonchev–Trinajstić information content (AvgIpc) is 2.58. The second kappa shape index (κ2) is 16.3. The molecule has 0 aromatic heterocycles. The highest BCUT2D eigenvalue weighted by atomic mass is 16.6. The maximum atomic E-state index is 12.1. The van der Waals surface area contributed by atoms with Crippen LogP contribution < -0.4 is 5.32 Å². The first-order valence-electron chi connectivity index (χ1n) is 9.33. The quantitative estimate of drug-likeness (QED) is 0.211. The molecule has 5 nitrogen and oxygen atoms in total. The van der Waals surface area contributed by atoms with E-state index in [2.05, 4.69) is 12.2 Å². The summed E-state index contributed by atoms with van der Waals surface area (Å²) in [6, 6.07) is 2.00. The van der Waals surface area contributed by atoms with E-state index in [4.69, 9.17) is 9.47 Å². The van der Waals surface area contributed by atoms with Crippen molar-refractivity contribution < 1.29 is 14.3 Å². The minimum atomic E-state index is -0.559. The highest BCUT2D eigenvalue weighted by Crippen LogP contribution is 2.11. The third-order valence-corrected chi connectivity index (χ3v) is 3.65. The van der Waals surface area contributed by atoms with Gasteiger partial charge in [0.1, 0.15) is 12.7 Å². The molecule has 0 saturated carbocycles. The molecule has 5 heteroatoms. The van der Waals surface area contributed by atoms with Crippen molar-refractivity contribution in [2.45, 2.75) is 72.1 Å². The fraction of sp³-hybridized carbons (Fsp3) is 0.789. The van der Waals surface area contributed by atoms with Crippen LogP contribution in [0.2, 0.25) is 0 Å². The van der Waals surface area contributed by atoms with E-state index in [1.807, 2.05) is 19.9 Å².